The van der Waals surface area contributed by atoms with Crippen molar-refractivity contribution in [2.75, 3.05) is 0 Å². The van der Waals surface area contributed by atoms with Crippen LogP contribution in [0.1, 0.15) is 28.4 Å². The third-order valence-corrected chi connectivity index (χ3v) is 5.07. The van der Waals surface area contributed by atoms with Crippen molar-refractivity contribution in [3.05, 3.63) is 59.2 Å². The highest BCUT2D eigenvalue weighted by Crippen LogP contribution is 2.38. The number of Topliss-reactive ketones (excluding diaryl/α,β-unsaturated/α-hetero) is 1. The molecule has 2 nitrogen and oxygen atoms in total. The maximum atomic E-state index is 11.8. The van der Waals surface area contributed by atoms with Crippen molar-refractivity contribution in [2.24, 2.45) is 7.05 Å². The summed E-state index contributed by atoms with van der Waals surface area (Å²) in [5.74, 6) is 0.110. The van der Waals surface area contributed by atoms with Crippen molar-refractivity contribution in [1.82, 2.24) is 4.57 Å². The predicted octanol–water partition coefficient (Wildman–Crippen LogP) is 5.30. The van der Waals surface area contributed by atoms with Crippen LogP contribution < -0.4 is 0 Å². The lowest BCUT2D eigenvalue weighted by Gasteiger charge is -2.10. The Kier molecular flexibility index (Phi) is 2.86. The molecule has 0 saturated carbocycles. The average Bonchev–Trinajstić information content (AvgIpc) is 2.85. The minimum absolute atomic E-state index is 0.110. The normalized spacial score (nSPS) is 11.7. The van der Waals surface area contributed by atoms with E-state index >= 15 is 0 Å². The zero-order chi connectivity index (χ0) is 16.3. The van der Waals surface area contributed by atoms with Crippen molar-refractivity contribution in [2.45, 2.75) is 20.8 Å². The molecule has 0 unspecified atom stereocenters. The number of carbonyl (C=O) groups is 1. The van der Waals surface area contributed by atoms with E-state index in [1.807, 2.05) is 12.1 Å². The smallest absolute Gasteiger partial charge is 0.159 e. The highest BCUT2D eigenvalue weighted by atomic mass is 16.1. The Bertz CT molecular complexity index is 1120. The van der Waals surface area contributed by atoms with Gasteiger partial charge in [0.15, 0.2) is 5.78 Å². The standard InChI is InChI=1S/C21H19NO/c1-12-16-7-5-6-8-17(16)13(2)21-20(12)18-11-15(14(3)23)9-10-19(18)22(21)4/h5-11H,1-4H3. The Morgan fingerprint density at radius 1 is 0.913 bits per heavy atom. The average molecular weight is 301 g/mol. The molecule has 1 heterocycles. The monoisotopic (exact) mass is 301 g/mol. The van der Waals surface area contributed by atoms with Gasteiger partial charge in [-0.15, -0.1) is 0 Å². The van der Waals surface area contributed by atoms with E-state index in [1.54, 1.807) is 6.92 Å². The molecule has 2 heteroatoms. The molecule has 0 amide bonds. The Morgan fingerprint density at radius 2 is 1.57 bits per heavy atom. The zero-order valence-corrected chi connectivity index (χ0v) is 13.9. The van der Waals surface area contributed by atoms with Crippen LogP contribution in [-0.4, -0.2) is 10.4 Å². The van der Waals surface area contributed by atoms with E-state index < -0.39 is 0 Å². The lowest BCUT2D eigenvalue weighted by molar-refractivity contribution is 0.101. The van der Waals surface area contributed by atoms with Crippen LogP contribution in [0.4, 0.5) is 0 Å². The molecule has 23 heavy (non-hydrogen) atoms. The minimum Gasteiger partial charge on any atom is -0.343 e. The second-order valence-electron chi connectivity index (χ2n) is 6.37. The van der Waals surface area contributed by atoms with Gasteiger partial charge in [0.25, 0.3) is 0 Å². The van der Waals surface area contributed by atoms with Gasteiger partial charge in [0.05, 0.1) is 5.52 Å². The van der Waals surface area contributed by atoms with Crippen LogP contribution in [0.3, 0.4) is 0 Å². The van der Waals surface area contributed by atoms with Gasteiger partial charge in [0.2, 0.25) is 0 Å². The topological polar surface area (TPSA) is 22.0 Å². The molecule has 1 aromatic heterocycles. The second kappa shape index (κ2) is 4.69. The molecular weight excluding hydrogens is 282 g/mol. The molecule has 0 spiro atoms. The summed E-state index contributed by atoms with van der Waals surface area (Å²) >= 11 is 0. The summed E-state index contributed by atoms with van der Waals surface area (Å²) in [6.07, 6.45) is 0. The third-order valence-electron chi connectivity index (χ3n) is 5.07. The fraction of sp³-hybridized carbons (Fsp3) is 0.190. The summed E-state index contributed by atoms with van der Waals surface area (Å²) < 4.78 is 2.25. The number of benzene rings is 3. The van der Waals surface area contributed by atoms with Gasteiger partial charge in [0.1, 0.15) is 0 Å². The SMILES string of the molecule is CC(=O)c1ccc2c(c1)c1c(C)c3ccccc3c(C)c1n2C. The molecule has 0 bridgehead atoms. The minimum atomic E-state index is 0.110. The largest absolute Gasteiger partial charge is 0.343 e. The van der Waals surface area contributed by atoms with Crippen LogP contribution in [0.2, 0.25) is 0 Å². The van der Waals surface area contributed by atoms with Gasteiger partial charge in [-0.25, -0.2) is 0 Å². The van der Waals surface area contributed by atoms with Gasteiger partial charge in [-0.3, -0.25) is 4.79 Å². The summed E-state index contributed by atoms with van der Waals surface area (Å²) in [7, 11) is 2.11. The number of aromatic nitrogens is 1. The van der Waals surface area contributed by atoms with Crippen molar-refractivity contribution in [3.63, 3.8) is 0 Å². The van der Waals surface area contributed by atoms with Crippen molar-refractivity contribution in [3.8, 4) is 0 Å². The maximum absolute atomic E-state index is 11.8. The molecular formula is C21H19NO. The first kappa shape index (κ1) is 14.0. The van der Waals surface area contributed by atoms with Gasteiger partial charge in [0, 0.05) is 28.9 Å². The fourth-order valence-corrected chi connectivity index (χ4v) is 3.88. The first-order chi connectivity index (χ1) is 11.0. The summed E-state index contributed by atoms with van der Waals surface area (Å²) in [5, 5.41) is 5.02. The van der Waals surface area contributed by atoms with Crippen LogP contribution in [0, 0.1) is 13.8 Å². The number of hydrogen-bond acceptors (Lipinski definition) is 1. The lowest BCUT2D eigenvalue weighted by atomic mass is 9.95. The summed E-state index contributed by atoms with van der Waals surface area (Å²) in [6, 6.07) is 14.6. The molecule has 0 fully saturated rings. The molecule has 114 valence electrons. The van der Waals surface area contributed by atoms with Crippen molar-refractivity contribution >= 4 is 38.4 Å². The van der Waals surface area contributed by atoms with Crippen LogP contribution in [0.5, 0.6) is 0 Å². The Labute approximate surface area is 135 Å². The third kappa shape index (κ3) is 1.78. The van der Waals surface area contributed by atoms with Gasteiger partial charge in [-0.05, 0) is 60.9 Å². The molecule has 0 radical (unpaired) electrons. The van der Waals surface area contributed by atoms with Crippen LogP contribution >= 0.6 is 0 Å². The van der Waals surface area contributed by atoms with Crippen molar-refractivity contribution in [1.29, 1.82) is 0 Å². The molecule has 0 aliphatic carbocycles. The van der Waals surface area contributed by atoms with E-state index in [1.165, 1.54) is 43.7 Å². The highest BCUT2D eigenvalue weighted by molar-refractivity contribution is 6.18. The van der Waals surface area contributed by atoms with Crippen LogP contribution in [0.25, 0.3) is 32.6 Å². The summed E-state index contributed by atoms with van der Waals surface area (Å²) in [5.41, 5.74) is 5.79. The van der Waals surface area contributed by atoms with Crippen LogP contribution in [-0.2, 0) is 7.05 Å². The number of hydrogen-bond donors (Lipinski definition) is 0. The van der Waals surface area contributed by atoms with Gasteiger partial charge in [-0.1, -0.05) is 24.3 Å². The Balaban J connectivity index is 2.33. The van der Waals surface area contributed by atoms with Gasteiger partial charge in [-0.2, -0.15) is 0 Å². The number of fused-ring (bicyclic) bond motifs is 4. The first-order valence-electron chi connectivity index (χ1n) is 7.91. The van der Waals surface area contributed by atoms with Crippen molar-refractivity contribution < 1.29 is 4.79 Å². The predicted molar refractivity (Wildman–Crippen MR) is 97.4 cm³/mol. The van der Waals surface area contributed by atoms with E-state index in [0.29, 0.717) is 0 Å². The molecule has 0 N–H and O–H groups in total. The summed E-state index contributed by atoms with van der Waals surface area (Å²) in [4.78, 5) is 11.8. The number of carbonyl (C=O) groups excluding carboxylic acids is 1. The molecule has 3 aromatic carbocycles. The molecule has 4 aromatic rings. The summed E-state index contributed by atoms with van der Waals surface area (Å²) in [6.45, 7) is 6.00. The number of rotatable bonds is 1. The van der Waals surface area contributed by atoms with Gasteiger partial charge >= 0.3 is 0 Å². The van der Waals surface area contributed by atoms with E-state index in [9.17, 15) is 4.79 Å². The number of nitrogens with zero attached hydrogens (tertiary/aromatic N) is 1. The van der Waals surface area contributed by atoms with E-state index in [4.69, 9.17) is 0 Å². The Hall–Kier alpha value is -2.61. The van der Waals surface area contributed by atoms with E-state index in [2.05, 4.69) is 55.8 Å². The van der Waals surface area contributed by atoms with Crippen LogP contribution in [0.15, 0.2) is 42.5 Å². The number of aryl methyl sites for hydroxylation is 3. The molecule has 0 aliphatic rings. The first-order valence-corrected chi connectivity index (χ1v) is 7.91. The lowest BCUT2D eigenvalue weighted by Crippen LogP contribution is -1.92. The van der Waals surface area contributed by atoms with E-state index in [0.717, 1.165) is 5.56 Å². The van der Waals surface area contributed by atoms with E-state index in [-0.39, 0.29) is 5.78 Å². The van der Waals surface area contributed by atoms with Gasteiger partial charge < -0.3 is 4.57 Å². The second-order valence-corrected chi connectivity index (χ2v) is 6.37. The molecule has 0 aliphatic heterocycles. The molecule has 0 atom stereocenters. The fourth-order valence-electron chi connectivity index (χ4n) is 3.88. The quantitative estimate of drug-likeness (QED) is 0.437. The maximum Gasteiger partial charge on any atom is 0.159 e. The Morgan fingerprint density at radius 3 is 2.22 bits per heavy atom. The number of ketones is 1. The highest BCUT2D eigenvalue weighted by Gasteiger charge is 2.17. The zero-order valence-electron chi connectivity index (χ0n) is 13.9. The molecule has 0 saturated heterocycles. The molecule has 4 rings (SSSR count).